The highest BCUT2D eigenvalue weighted by atomic mass is 35.5. The normalized spacial score (nSPS) is 13.2. The first-order chi connectivity index (χ1) is 10.1. The van der Waals surface area contributed by atoms with E-state index in [-0.39, 0.29) is 11.4 Å². The molecule has 21 heavy (non-hydrogen) atoms. The maximum absolute atomic E-state index is 11.1. The van der Waals surface area contributed by atoms with Crippen molar-refractivity contribution in [2.24, 2.45) is 0 Å². The Labute approximate surface area is 126 Å². The highest BCUT2D eigenvalue weighted by Gasteiger charge is 2.19. The molecule has 2 aromatic rings. The zero-order chi connectivity index (χ0) is 14.8. The molecule has 5 nitrogen and oxygen atoms in total. The average molecular weight is 305 g/mol. The van der Waals surface area contributed by atoms with E-state index < -0.39 is 4.92 Å². The third kappa shape index (κ3) is 2.78. The quantitative estimate of drug-likeness (QED) is 0.674. The van der Waals surface area contributed by atoms with Crippen LogP contribution in [0.5, 0.6) is 11.5 Å². The van der Waals surface area contributed by atoms with Crippen LogP contribution in [0.25, 0.3) is 0 Å². The first kappa shape index (κ1) is 13.7. The Morgan fingerprint density at radius 2 is 2.10 bits per heavy atom. The first-order valence-corrected chi connectivity index (χ1v) is 7.00. The Morgan fingerprint density at radius 3 is 2.90 bits per heavy atom. The number of nitro groups is 1. The lowest BCUT2D eigenvalue weighted by Crippen LogP contribution is -2.12. The summed E-state index contributed by atoms with van der Waals surface area (Å²) in [5, 5.41) is 14.8. The average Bonchev–Trinajstić information content (AvgIpc) is 2.47. The Hall–Kier alpha value is -2.27. The van der Waals surface area contributed by atoms with E-state index >= 15 is 0 Å². The molecular formula is C15H13ClN2O3. The Morgan fingerprint density at radius 1 is 1.24 bits per heavy atom. The molecule has 0 fully saturated rings. The molecule has 6 heteroatoms. The molecule has 0 saturated carbocycles. The van der Waals surface area contributed by atoms with Gasteiger partial charge in [-0.1, -0.05) is 23.7 Å². The van der Waals surface area contributed by atoms with Gasteiger partial charge in [0.1, 0.15) is 0 Å². The molecule has 0 bridgehead atoms. The molecule has 0 aromatic heterocycles. The lowest BCUT2D eigenvalue weighted by atomic mass is 10.0. The second kappa shape index (κ2) is 5.61. The maximum Gasteiger partial charge on any atom is 0.311 e. The van der Waals surface area contributed by atoms with E-state index in [9.17, 15) is 10.1 Å². The van der Waals surface area contributed by atoms with Crippen LogP contribution in [-0.4, -0.2) is 11.5 Å². The number of halogens is 1. The van der Waals surface area contributed by atoms with E-state index in [1.165, 1.54) is 18.2 Å². The summed E-state index contributed by atoms with van der Waals surface area (Å²) >= 11 is 5.91. The number of nitrogens with zero attached hydrogens (tertiary/aromatic N) is 1. The van der Waals surface area contributed by atoms with Crippen LogP contribution < -0.4 is 10.1 Å². The number of ether oxygens (including phenoxy) is 1. The fourth-order valence-electron chi connectivity index (χ4n) is 2.40. The van der Waals surface area contributed by atoms with Crippen molar-refractivity contribution in [2.45, 2.75) is 12.8 Å². The number of hydrogen-bond donors (Lipinski definition) is 1. The van der Waals surface area contributed by atoms with E-state index in [4.69, 9.17) is 16.3 Å². The molecular weight excluding hydrogens is 292 g/mol. The molecule has 0 spiro atoms. The standard InChI is InChI=1S/C15H13ClN2O3/c16-11-6-7-12(18(19)20)14(9-11)21-13-5-1-3-10-4-2-8-17-15(10)13/h1,3,5-7,9,17H,2,4,8H2. The van der Waals surface area contributed by atoms with Crippen molar-refractivity contribution in [3.05, 3.63) is 57.1 Å². The van der Waals surface area contributed by atoms with Crippen LogP contribution in [0.1, 0.15) is 12.0 Å². The van der Waals surface area contributed by atoms with Crippen molar-refractivity contribution in [2.75, 3.05) is 11.9 Å². The van der Waals surface area contributed by atoms with Crippen molar-refractivity contribution in [3.63, 3.8) is 0 Å². The van der Waals surface area contributed by atoms with Gasteiger partial charge in [-0.25, -0.2) is 0 Å². The summed E-state index contributed by atoms with van der Waals surface area (Å²) in [5.41, 5.74) is 1.95. The summed E-state index contributed by atoms with van der Waals surface area (Å²) in [6.07, 6.45) is 2.03. The summed E-state index contributed by atoms with van der Waals surface area (Å²) in [4.78, 5) is 10.6. The Bertz CT molecular complexity index is 703. The fraction of sp³-hybridized carbons (Fsp3) is 0.200. The van der Waals surface area contributed by atoms with E-state index in [0.29, 0.717) is 10.8 Å². The minimum Gasteiger partial charge on any atom is -0.448 e. The molecule has 0 unspecified atom stereocenters. The monoisotopic (exact) mass is 304 g/mol. The van der Waals surface area contributed by atoms with Crippen LogP contribution in [0.2, 0.25) is 5.02 Å². The summed E-state index contributed by atoms with van der Waals surface area (Å²) in [6.45, 7) is 0.866. The minimum absolute atomic E-state index is 0.104. The summed E-state index contributed by atoms with van der Waals surface area (Å²) < 4.78 is 5.76. The van der Waals surface area contributed by atoms with Crippen molar-refractivity contribution < 1.29 is 9.66 Å². The van der Waals surface area contributed by atoms with E-state index in [2.05, 4.69) is 5.32 Å². The van der Waals surface area contributed by atoms with Gasteiger partial charge >= 0.3 is 5.69 Å². The smallest absolute Gasteiger partial charge is 0.311 e. The highest BCUT2D eigenvalue weighted by molar-refractivity contribution is 6.30. The van der Waals surface area contributed by atoms with Gasteiger partial charge in [-0.15, -0.1) is 0 Å². The predicted octanol–water partition coefficient (Wildman–Crippen LogP) is 4.40. The van der Waals surface area contributed by atoms with Crippen LogP contribution >= 0.6 is 11.6 Å². The van der Waals surface area contributed by atoms with Crippen molar-refractivity contribution in [3.8, 4) is 11.5 Å². The van der Waals surface area contributed by atoms with Crippen LogP contribution in [0.15, 0.2) is 36.4 Å². The second-order valence-electron chi connectivity index (χ2n) is 4.79. The summed E-state index contributed by atoms with van der Waals surface area (Å²) in [6, 6.07) is 9.99. The van der Waals surface area contributed by atoms with Crippen LogP contribution in [-0.2, 0) is 6.42 Å². The number of hydrogen-bond acceptors (Lipinski definition) is 4. The Balaban J connectivity index is 2.01. The van der Waals surface area contributed by atoms with Gasteiger partial charge in [-0.05, 0) is 30.5 Å². The zero-order valence-corrected chi connectivity index (χ0v) is 11.9. The van der Waals surface area contributed by atoms with Gasteiger partial charge in [0, 0.05) is 23.7 Å². The zero-order valence-electron chi connectivity index (χ0n) is 11.1. The van der Waals surface area contributed by atoms with Gasteiger partial charge in [-0.2, -0.15) is 0 Å². The molecule has 0 atom stereocenters. The van der Waals surface area contributed by atoms with Crippen LogP contribution in [0.4, 0.5) is 11.4 Å². The van der Waals surface area contributed by atoms with Crippen molar-refractivity contribution >= 4 is 23.0 Å². The van der Waals surface area contributed by atoms with Gasteiger partial charge in [-0.3, -0.25) is 10.1 Å². The molecule has 108 valence electrons. The topological polar surface area (TPSA) is 64.4 Å². The lowest BCUT2D eigenvalue weighted by Gasteiger charge is -2.21. The molecule has 0 amide bonds. The fourth-order valence-corrected chi connectivity index (χ4v) is 2.56. The minimum atomic E-state index is -0.478. The Kier molecular flexibility index (Phi) is 3.66. The van der Waals surface area contributed by atoms with Gasteiger partial charge in [0.05, 0.1) is 10.6 Å². The largest absolute Gasteiger partial charge is 0.448 e. The van der Waals surface area contributed by atoms with E-state index in [1.54, 1.807) is 6.07 Å². The molecule has 1 N–H and O–H groups in total. The SMILES string of the molecule is O=[N+]([O-])c1ccc(Cl)cc1Oc1cccc2c1NCCC2. The number of nitro benzene ring substituents is 1. The van der Waals surface area contributed by atoms with Crippen LogP contribution in [0, 0.1) is 10.1 Å². The molecule has 0 radical (unpaired) electrons. The molecule has 1 aliphatic rings. The number of anilines is 1. The third-order valence-corrected chi connectivity index (χ3v) is 3.61. The van der Waals surface area contributed by atoms with E-state index in [0.717, 1.165) is 30.6 Å². The second-order valence-corrected chi connectivity index (χ2v) is 5.23. The summed E-state index contributed by atoms with van der Waals surface area (Å²) in [5.74, 6) is 0.728. The number of nitrogens with one attached hydrogen (secondary N) is 1. The molecule has 3 rings (SSSR count). The molecule has 1 heterocycles. The first-order valence-electron chi connectivity index (χ1n) is 6.63. The number of aryl methyl sites for hydroxylation is 1. The number of para-hydroxylation sites is 1. The van der Waals surface area contributed by atoms with Gasteiger partial charge in [0.25, 0.3) is 0 Å². The third-order valence-electron chi connectivity index (χ3n) is 3.38. The van der Waals surface area contributed by atoms with Crippen molar-refractivity contribution in [1.82, 2.24) is 0 Å². The van der Waals surface area contributed by atoms with Crippen molar-refractivity contribution in [1.29, 1.82) is 0 Å². The number of benzene rings is 2. The maximum atomic E-state index is 11.1. The van der Waals surface area contributed by atoms with Gasteiger partial charge in [0.15, 0.2) is 5.75 Å². The predicted molar refractivity (Wildman–Crippen MR) is 81.4 cm³/mol. The van der Waals surface area contributed by atoms with Gasteiger partial charge < -0.3 is 10.1 Å². The van der Waals surface area contributed by atoms with E-state index in [1.807, 2.05) is 12.1 Å². The lowest BCUT2D eigenvalue weighted by molar-refractivity contribution is -0.385. The van der Waals surface area contributed by atoms with Crippen LogP contribution in [0.3, 0.4) is 0 Å². The summed E-state index contributed by atoms with van der Waals surface area (Å²) in [7, 11) is 0. The number of fused-ring (bicyclic) bond motifs is 1. The molecule has 2 aromatic carbocycles. The number of rotatable bonds is 3. The molecule has 0 aliphatic carbocycles. The van der Waals surface area contributed by atoms with Gasteiger partial charge in [0.2, 0.25) is 5.75 Å². The molecule has 1 aliphatic heterocycles. The highest BCUT2D eigenvalue weighted by Crippen LogP contribution is 2.39. The molecule has 0 saturated heterocycles.